The molecule has 1 amide bonds. The van der Waals surface area contributed by atoms with E-state index in [1.54, 1.807) is 13.3 Å². The summed E-state index contributed by atoms with van der Waals surface area (Å²) in [6.45, 7) is 8.42. The Morgan fingerprint density at radius 1 is 1.16 bits per heavy atom. The first-order chi connectivity index (χ1) is 15.4. The maximum absolute atomic E-state index is 13.1. The van der Waals surface area contributed by atoms with Crippen LogP contribution in [0.2, 0.25) is 0 Å². The average molecular weight is 434 g/mol. The van der Waals surface area contributed by atoms with Crippen LogP contribution in [0.25, 0.3) is 22.4 Å². The van der Waals surface area contributed by atoms with Gasteiger partial charge in [0.1, 0.15) is 11.6 Å². The number of benzene rings is 1. The predicted molar refractivity (Wildman–Crippen MR) is 122 cm³/mol. The lowest BCUT2D eigenvalue weighted by Crippen LogP contribution is -2.24. The van der Waals surface area contributed by atoms with Crippen molar-refractivity contribution in [1.29, 1.82) is 0 Å². The summed E-state index contributed by atoms with van der Waals surface area (Å²) in [7, 11) is 1.62. The molecule has 0 atom stereocenters. The van der Waals surface area contributed by atoms with Gasteiger partial charge in [-0.05, 0) is 50.1 Å². The van der Waals surface area contributed by atoms with Crippen molar-refractivity contribution in [3.8, 4) is 17.1 Å². The molecule has 0 saturated carbocycles. The number of carbonyl (C=O) groups excluding carboxylic acids is 1. The van der Waals surface area contributed by atoms with E-state index >= 15 is 0 Å². The van der Waals surface area contributed by atoms with E-state index in [4.69, 9.17) is 9.72 Å². The van der Waals surface area contributed by atoms with Crippen LogP contribution < -0.4 is 10.1 Å². The molecule has 0 spiro atoms. The lowest BCUT2D eigenvalue weighted by molar-refractivity contribution is 0.0951. The molecule has 1 aromatic carbocycles. The summed E-state index contributed by atoms with van der Waals surface area (Å²) in [4.78, 5) is 22.3. The summed E-state index contributed by atoms with van der Waals surface area (Å²) in [6.07, 6.45) is 1.71. The Labute approximate surface area is 186 Å². The van der Waals surface area contributed by atoms with Crippen LogP contribution in [-0.2, 0) is 6.54 Å². The number of ether oxygens (including phenoxy) is 1. The zero-order valence-electron chi connectivity index (χ0n) is 18.9. The number of carbonyl (C=O) groups is 1. The fourth-order valence-corrected chi connectivity index (χ4v) is 3.40. The van der Waals surface area contributed by atoms with Crippen molar-refractivity contribution >= 4 is 16.9 Å². The quantitative estimate of drug-likeness (QED) is 0.458. The molecule has 32 heavy (non-hydrogen) atoms. The minimum absolute atomic E-state index is 0.142. The summed E-state index contributed by atoms with van der Waals surface area (Å²) < 4.78 is 7.02. The highest BCUT2D eigenvalue weighted by Crippen LogP contribution is 2.24. The molecule has 3 heterocycles. The van der Waals surface area contributed by atoms with Crippen LogP contribution in [0.5, 0.6) is 5.75 Å². The van der Waals surface area contributed by atoms with Gasteiger partial charge in [0, 0.05) is 17.3 Å². The van der Waals surface area contributed by atoms with Crippen LogP contribution in [0.3, 0.4) is 0 Å². The Kier molecular flexibility index (Phi) is 5.89. The molecule has 166 valence electrons. The van der Waals surface area contributed by atoms with Gasteiger partial charge >= 0.3 is 0 Å². The molecule has 0 aliphatic heterocycles. The van der Waals surface area contributed by atoms with Crippen molar-refractivity contribution in [3.63, 3.8) is 0 Å². The molecule has 0 fully saturated rings. The second-order valence-electron chi connectivity index (χ2n) is 8.19. The van der Waals surface area contributed by atoms with Gasteiger partial charge in [0.05, 0.1) is 30.8 Å². The summed E-state index contributed by atoms with van der Waals surface area (Å²) in [5.41, 5.74) is 2.99. The van der Waals surface area contributed by atoms with E-state index in [-0.39, 0.29) is 24.4 Å². The second-order valence-corrected chi connectivity index (χ2v) is 8.19. The van der Waals surface area contributed by atoms with Gasteiger partial charge in [0.2, 0.25) is 0 Å². The van der Waals surface area contributed by atoms with E-state index in [0.717, 1.165) is 28.0 Å². The third-order valence-corrected chi connectivity index (χ3v) is 5.21. The summed E-state index contributed by atoms with van der Waals surface area (Å²) in [5, 5.41) is 15.3. The maximum atomic E-state index is 13.1. The smallest absolute Gasteiger partial charge is 0.252 e. The fourth-order valence-electron chi connectivity index (χ4n) is 3.40. The largest absolute Gasteiger partial charge is 0.497 e. The van der Waals surface area contributed by atoms with Crippen molar-refractivity contribution in [2.24, 2.45) is 0 Å². The monoisotopic (exact) mass is 433 g/mol. The molecule has 9 nitrogen and oxygen atoms in total. The zero-order valence-corrected chi connectivity index (χ0v) is 18.9. The van der Waals surface area contributed by atoms with E-state index in [2.05, 4.69) is 39.4 Å². The molecular weight excluding hydrogens is 406 g/mol. The van der Waals surface area contributed by atoms with Gasteiger partial charge in [-0.1, -0.05) is 13.8 Å². The van der Waals surface area contributed by atoms with Gasteiger partial charge < -0.3 is 10.1 Å². The van der Waals surface area contributed by atoms with Crippen molar-refractivity contribution in [2.75, 3.05) is 7.11 Å². The molecule has 4 rings (SSSR count). The first-order valence-electron chi connectivity index (χ1n) is 10.6. The van der Waals surface area contributed by atoms with Gasteiger partial charge in [0.25, 0.3) is 5.91 Å². The number of pyridine rings is 1. The lowest BCUT2D eigenvalue weighted by Gasteiger charge is -2.12. The number of rotatable bonds is 7. The van der Waals surface area contributed by atoms with Crippen LogP contribution in [0, 0.1) is 0 Å². The Morgan fingerprint density at radius 2 is 1.91 bits per heavy atom. The molecule has 9 heteroatoms. The molecule has 0 aliphatic rings. The van der Waals surface area contributed by atoms with E-state index in [1.165, 1.54) is 0 Å². The van der Waals surface area contributed by atoms with Crippen LogP contribution >= 0.6 is 0 Å². The van der Waals surface area contributed by atoms with Gasteiger partial charge in [0.15, 0.2) is 11.5 Å². The second kappa shape index (κ2) is 8.78. The standard InChI is InChI=1S/C23H27N7O2/c1-13(2)19-10-17(18-11-25-30(14(3)4)22(18)26-19)23(31)24-12-20-27-21(29-28-20)15-6-8-16(32-5)9-7-15/h6-11,13-14H,12H2,1-5H3,(H,24,31)(H,27,28,29). The molecule has 4 aromatic rings. The van der Waals surface area contributed by atoms with E-state index in [0.29, 0.717) is 17.2 Å². The predicted octanol–water partition coefficient (Wildman–Crippen LogP) is 3.86. The number of fused-ring (bicyclic) bond motifs is 1. The van der Waals surface area contributed by atoms with Gasteiger partial charge in [-0.3, -0.25) is 9.89 Å². The van der Waals surface area contributed by atoms with Crippen LogP contribution in [0.4, 0.5) is 0 Å². The first kappa shape index (κ1) is 21.5. The molecule has 0 unspecified atom stereocenters. The molecule has 0 saturated heterocycles. The molecular formula is C23H27N7O2. The Balaban J connectivity index is 1.55. The number of nitrogens with zero attached hydrogens (tertiary/aromatic N) is 5. The van der Waals surface area contributed by atoms with E-state index < -0.39 is 0 Å². The third-order valence-electron chi connectivity index (χ3n) is 5.21. The molecule has 3 aromatic heterocycles. The highest BCUT2D eigenvalue weighted by atomic mass is 16.5. The Hall–Kier alpha value is -3.75. The fraction of sp³-hybridized carbons (Fsp3) is 0.348. The maximum Gasteiger partial charge on any atom is 0.252 e. The Bertz CT molecular complexity index is 1240. The van der Waals surface area contributed by atoms with E-state index in [1.807, 2.05) is 48.9 Å². The summed E-state index contributed by atoms with van der Waals surface area (Å²) >= 11 is 0. The number of aromatic nitrogens is 6. The third kappa shape index (κ3) is 4.18. The number of nitrogens with one attached hydrogen (secondary N) is 2. The van der Waals surface area contributed by atoms with E-state index in [9.17, 15) is 4.79 Å². The summed E-state index contributed by atoms with van der Waals surface area (Å²) in [5.74, 6) is 1.87. The van der Waals surface area contributed by atoms with Gasteiger partial charge in [-0.15, -0.1) is 0 Å². The SMILES string of the molecule is COc1ccc(-c2n[nH]c(CNC(=O)c3cc(C(C)C)nc4c3cnn4C(C)C)n2)cc1. The van der Waals surface area contributed by atoms with Gasteiger partial charge in [-0.25, -0.2) is 14.6 Å². The minimum atomic E-state index is -0.204. The number of aromatic amines is 1. The summed E-state index contributed by atoms with van der Waals surface area (Å²) in [6, 6.07) is 9.47. The number of methoxy groups -OCH3 is 1. The highest BCUT2D eigenvalue weighted by molar-refractivity contribution is 6.05. The molecule has 2 N–H and O–H groups in total. The van der Waals surface area contributed by atoms with Crippen molar-refractivity contribution in [2.45, 2.75) is 46.2 Å². The lowest BCUT2D eigenvalue weighted by atomic mass is 10.0. The van der Waals surface area contributed by atoms with Crippen LogP contribution in [0.15, 0.2) is 36.5 Å². The molecule has 0 bridgehead atoms. The average Bonchev–Trinajstić information content (AvgIpc) is 3.44. The number of hydrogen-bond acceptors (Lipinski definition) is 6. The first-order valence-corrected chi connectivity index (χ1v) is 10.6. The van der Waals surface area contributed by atoms with Crippen LogP contribution in [-0.4, -0.2) is 43.0 Å². The van der Waals surface area contributed by atoms with Crippen molar-refractivity contribution in [1.82, 2.24) is 35.3 Å². The number of H-pyrrole nitrogens is 1. The molecule has 0 aliphatic carbocycles. The van der Waals surface area contributed by atoms with Crippen molar-refractivity contribution < 1.29 is 9.53 Å². The number of amides is 1. The van der Waals surface area contributed by atoms with Gasteiger partial charge in [-0.2, -0.15) is 10.2 Å². The minimum Gasteiger partial charge on any atom is -0.497 e. The number of hydrogen-bond donors (Lipinski definition) is 2. The highest BCUT2D eigenvalue weighted by Gasteiger charge is 2.19. The topological polar surface area (TPSA) is 111 Å². The van der Waals surface area contributed by atoms with Crippen LogP contribution in [0.1, 0.15) is 61.5 Å². The normalized spacial score (nSPS) is 11.5. The zero-order chi connectivity index (χ0) is 22.8. The molecule has 0 radical (unpaired) electrons. The Morgan fingerprint density at radius 3 is 2.56 bits per heavy atom. The van der Waals surface area contributed by atoms with Crippen molar-refractivity contribution in [3.05, 3.63) is 53.6 Å².